The molecule has 0 heterocycles. The highest BCUT2D eigenvalue weighted by molar-refractivity contribution is 5.60. The zero-order chi connectivity index (χ0) is 8.32. The van der Waals surface area contributed by atoms with E-state index in [2.05, 4.69) is 20.1 Å². The van der Waals surface area contributed by atoms with Crippen LogP contribution in [-0.4, -0.2) is 6.29 Å². The van der Waals surface area contributed by atoms with Gasteiger partial charge in [0, 0.05) is 5.41 Å². The van der Waals surface area contributed by atoms with Crippen molar-refractivity contribution >= 4 is 6.29 Å². The molecule has 1 saturated carbocycles. The Morgan fingerprint density at radius 3 is 2.36 bits per heavy atom. The van der Waals surface area contributed by atoms with Crippen molar-refractivity contribution in [1.82, 2.24) is 0 Å². The van der Waals surface area contributed by atoms with E-state index in [0.717, 1.165) is 6.42 Å². The van der Waals surface area contributed by atoms with E-state index in [-0.39, 0.29) is 5.41 Å². The van der Waals surface area contributed by atoms with Crippen LogP contribution in [0.3, 0.4) is 0 Å². The summed E-state index contributed by atoms with van der Waals surface area (Å²) in [5.74, 6) is 0.616. The standard InChI is InChI=1S/C10H17O/c1-3-10(2,8-11)9-6-4-5-7-9/h9H,3-7H2,1-2H3. The van der Waals surface area contributed by atoms with Gasteiger partial charge in [-0.15, -0.1) is 0 Å². The van der Waals surface area contributed by atoms with Crippen LogP contribution in [0.15, 0.2) is 0 Å². The van der Waals surface area contributed by atoms with Gasteiger partial charge in [0.15, 0.2) is 0 Å². The maximum absolute atomic E-state index is 10.7. The minimum atomic E-state index is -0.142. The van der Waals surface area contributed by atoms with Crippen LogP contribution in [-0.2, 0) is 4.79 Å². The van der Waals surface area contributed by atoms with Gasteiger partial charge in [0.25, 0.3) is 0 Å². The third-order valence-corrected chi connectivity index (χ3v) is 3.22. The second-order valence-corrected chi connectivity index (χ2v) is 3.85. The molecule has 0 aliphatic heterocycles. The molecule has 1 rings (SSSR count). The van der Waals surface area contributed by atoms with E-state index in [1.54, 1.807) is 0 Å². The van der Waals surface area contributed by atoms with Gasteiger partial charge in [0.1, 0.15) is 0 Å². The fourth-order valence-electron chi connectivity index (χ4n) is 2.01. The number of hydrogen-bond donors (Lipinski definition) is 0. The minimum absolute atomic E-state index is 0.142. The molecule has 1 aliphatic rings. The van der Waals surface area contributed by atoms with E-state index in [0.29, 0.717) is 5.92 Å². The Balaban J connectivity index is 2.59. The van der Waals surface area contributed by atoms with Crippen LogP contribution in [0.4, 0.5) is 0 Å². The lowest BCUT2D eigenvalue weighted by Gasteiger charge is -2.27. The van der Waals surface area contributed by atoms with Crippen molar-refractivity contribution in [3.8, 4) is 0 Å². The highest BCUT2D eigenvalue weighted by Gasteiger charge is 2.34. The second-order valence-electron chi connectivity index (χ2n) is 3.85. The highest BCUT2D eigenvalue weighted by Crippen LogP contribution is 2.40. The Morgan fingerprint density at radius 1 is 1.45 bits per heavy atom. The van der Waals surface area contributed by atoms with Gasteiger partial charge in [-0.05, 0) is 25.2 Å². The first-order valence-electron chi connectivity index (χ1n) is 4.62. The SMILES string of the molecule is CCC(C)([C]=O)C1CCCC1. The number of rotatable bonds is 3. The fraction of sp³-hybridized carbons (Fsp3) is 0.900. The Bertz CT molecular complexity index is 136. The van der Waals surface area contributed by atoms with Crippen LogP contribution < -0.4 is 0 Å². The Morgan fingerprint density at radius 2 is 2.00 bits per heavy atom. The third kappa shape index (κ3) is 1.63. The molecule has 0 aromatic carbocycles. The zero-order valence-corrected chi connectivity index (χ0v) is 7.52. The first kappa shape index (κ1) is 8.76. The van der Waals surface area contributed by atoms with E-state index in [1.165, 1.54) is 25.7 Å². The van der Waals surface area contributed by atoms with Crippen LogP contribution >= 0.6 is 0 Å². The van der Waals surface area contributed by atoms with Gasteiger partial charge in [-0.25, -0.2) is 0 Å². The van der Waals surface area contributed by atoms with Crippen LogP contribution in [0.25, 0.3) is 0 Å². The summed E-state index contributed by atoms with van der Waals surface area (Å²) in [6, 6.07) is 0. The molecule has 1 aliphatic carbocycles. The van der Waals surface area contributed by atoms with Crippen molar-refractivity contribution in [1.29, 1.82) is 0 Å². The van der Waals surface area contributed by atoms with Gasteiger partial charge in [-0.1, -0.05) is 26.7 Å². The molecule has 1 fully saturated rings. The van der Waals surface area contributed by atoms with Gasteiger partial charge in [-0.2, -0.15) is 0 Å². The average Bonchev–Trinajstić information content (AvgIpc) is 2.55. The van der Waals surface area contributed by atoms with Crippen molar-refractivity contribution in [2.24, 2.45) is 11.3 Å². The van der Waals surface area contributed by atoms with Crippen molar-refractivity contribution in [2.75, 3.05) is 0 Å². The largest absolute Gasteiger partial charge is 0.290 e. The van der Waals surface area contributed by atoms with Crippen LogP contribution in [0.1, 0.15) is 46.0 Å². The van der Waals surface area contributed by atoms with E-state index >= 15 is 0 Å². The molecule has 0 bridgehead atoms. The van der Waals surface area contributed by atoms with Crippen LogP contribution in [0.2, 0.25) is 0 Å². The van der Waals surface area contributed by atoms with Gasteiger partial charge in [-0.3, -0.25) is 4.79 Å². The summed E-state index contributed by atoms with van der Waals surface area (Å²) < 4.78 is 0. The molecule has 0 amide bonds. The van der Waals surface area contributed by atoms with Crippen LogP contribution in [0, 0.1) is 11.3 Å². The predicted molar refractivity (Wildman–Crippen MR) is 46.0 cm³/mol. The fourth-order valence-corrected chi connectivity index (χ4v) is 2.01. The molecule has 0 N–H and O–H groups in total. The molecule has 1 nitrogen and oxygen atoms in total. The molecule has 1 radical (unpaired) electrons. The van der Waals surface area contributed by atoms with E-state index in [1.807, 2.05) is 0 Å². The first-order chi connectivity index (χ1) is 5.23. The van der Waals surface area contributed by atoms with Gasteiger partial charge in [0.2, 0.25) is 6.29 Å². The molecular formula is C10H17O. The first-order valence-corrected chi connectivity index (χ1v) is 4.62. The summed E-state index contributed by atoms with van der Waals surface area (Å²) in [7, 11) is 0. The summed E-state index contributed by atoms with van der Waals surface area (Å²) in [5, 5.41) is 0. The molecule has 0 aromatic rings. The smallest absolute Gasteiger partial charge is 0.205 e. The average molecular weight is 153 g/mol. The van der Waals surface area contributed by atoms with Crippen molar-refractivity contribution in [3.63, 3.8) is 0 Å². The molecule has 0 aromatic heterocycles. The third-order valence-electron chi connectivity index (χ3n) is 3.22. The Kier molecular flexibility index (Phi) is 2.69. The Hall–Kier alpha value is -0.330. The minimum Gasteiger partial charge on any atom is -0.290 e. The summed E-state index contributed by atoms with van der Waals surface area (Å²) in [6.07, 6.45) is 8.25. The predicted octanol–water partition coefficient (Wildman–Crippen LogP) is 2.70. The van der Waals surface area contributed by atoms with E-state index in [9.17, 15) is 4.79 Å². The molecule has 0 spiro atoms. The number of hydrogen-bond acceptors (Lipinski definition) is 1. The lowest BCUT2D eigenvalue weighted by atomic mass is 9.75. The highest BCUT2D eigenvalue weighted by atomic mass is 16.1. The number of carbonyl (C=O) groups excluding carboxylic acids is 1. The van der Waals surface area contributed by atoms with Crippen LogP contribution in [0.5, 0.6) is 0 Å². The lowest BCUT2D eigenvalue weighted by Crippen LogP contribution is -2.26. The molecule has 1 heteroatoms. The Labute approximate surface area is 69.2 Å². The quantitative estimate of drug-likeness (QED) is 0.609. The molecule has 0 saturated heterocycles. The summed E-state index contributed by atoms with van der Waals surface area (Å²) in [4.78, 5) is 10.7. The molecule has 1 atom stereocenters. The van der Waals surface area contributed by atoms with Gasteiger partial charge in [0.05, 0.1) is 0 Å². The molecular weight excluding hydrogens is 136 g/mol. The molecule has 11 heavy (non-hydrogen) atoms. The molecule has 63 valence electrons. The normalized spacial score (nSPS) is 24.9. The van der Waals surface area contributed by atoms with E-state index < -0.39 is 0 Å². The molecule has 1 unspecified atom stereocenters. The summed E-state index contributed by atoms with van der Waals surface area (Å²) in [5.41, 5.74) is -0.142. The monoisotopic (exact) mass is 153 g/mol. The topological polar surface area (TPSA) is 17.1 Å². The van der Waals surface area contributed by atoms with Crippen molar-refractivity contribution < 1.29 is 4.79 Å². The van der Waals surface area contributed by atoms with Gasteiger partial charge >= 0.3 is 0 Å². The van der Waals surface area contributed by atoms with Gasteiger partial charge < -0.3 is 0 Å². The van der Waals surface area contributed by atoms with Crippen molar-refractivity contribution in [3.05, 3.63) is 0 Å². The second kappa shape index (κ2) is 3.38. The maximum atomic E-state index is 10.7. The van der Waals surface area contributed by atoms with Crippen molar-refractivity contribution in [2.45, 2.75) is 46.0 Å². The summed E-state index contributed by atoms with van der Waals surface area (Å²) in [6.45, 7) is 4.14. The lowest BCUT2D eigenvalue weighted by molar-refractivity contribution is 0.265. The zero-order valence-electron chi connectivity index (χ0n) is 7.52. The maximum Gasteiger partial charge on any atom is 0.205 e. The van der Waals surface area contributed by atoms with E-state index in [4.69, 9.17) is 0 Å². The summed E-state index contributed by atoms with van der Waals surface area (Å²) >= 11 is 0.